The number of imidazole rings is 1. The van der Waals surface area contributed by atoms with Gasteiger partial charge in [-0.1, -0.05) is 0 Å². The SMILES string of the molecule is Cn1ccnc1CC1CCC1CNC1CC1. The van der Waals surface area contributed by atoms with Gasteiger partial charge in [-0.3, -0.25) is 0 Å². The second-order valence-electron chi connectivity index (χ2n) is 5.44. The number of aromatic nitrogens is 2. The maximum Gasteiger partial charge on any atom is 0.108 e. The van der Waals surface area contributed by atoms with Crippen LogP contribution in [0, 0.1) is 11.8 Å². The molecule has 3 nitrogen and oxygen atoms in total. The zero-order valence-corrected chi connectivity index (χ0v) is 10.0. The fourth-order valence-electron chi connectivity index (χ4n) is 2.61. The number of hydrogen-bond acceptors (Lipinski definition) is 2. The standard InChI is InChI=1S/C13H21N3/c1-16-7-6-14-13(16)8-10-2-3-11(10)9-15-12-4-5-12/h6-7,10-12,15H,2-5,8-9H2,1H3. The Morgan fingerprint density at radius 2 is 2.12 bits per heavy atom. The van der Waals surface area contributed by atoms with Crippen molar-refractivity contribution in [1.82, 2.24) is 14.9 Å². The predicted octanol–water partition coefficient (Wildman–Crippen LogP) is 1.74. The lowest BCUT2D eigenvalue weighted by atomic mass is 9.71. The van der Waals surface area contributed by atoms with Crippen molar-refractivity contribution in [3.8, 4) is 0 Å². The Morgan fingerprint density at radius 3 is 2.69 bits per heavy atom. The third-order valence-corrected chi connectivity index (χ3v) is 4.19. The molecule has 3 rings (SSSR count). The monoisotopic (exact) mass is 219 g/mol. The van der Waals surface area contributed by atoms with Gasteiger partial charge in [0.05, 0.1) is 0 Å². The van der Waals surface area contributed by atoms with Crippen molar-refractivity contribution in [1.29, 1.82) is 0 Å². The first kappa shape index (κ1) is 10.3. The van der Waals surface area contributed by atoms with E-state index in [9.17, 15) is 0 Å². The molecule has 3 heteroatoms. The number of nitrogens with zero attached hydrogens (tertiary/aromatic N) is 2. The van der Waals surface area contributed by atoms with Gasteiger partial charge in [0.15, 0.2) is 0 Å². The maximum atomic E-state index is 4.42. The molecule has 0 amide bonds. The van der Waals surface area contributed by atoms with Crippen LogP contribution < -0.4 is 5.32 Å². The highest BCUT2D eigenvalue weighted by Gasteiger charge is 2.32. The molecule has 2 fully saturated rings. The topological polar surface area (TPSA) is 29.9 Å². The van der Waals surface area contributed by atoms with Crippen molar-refractivity contribution in [2.45, 2.75) is 38.1 Å². The molecular formula is C13H21N3. The molecule has 88 valence electrons. The second kappa shape index (κ2) is 4.21. The largest absolute Gasteiger partial charge is 0.338 e. The first-order chi connectivity index (χ1) is 7.83. The van der Waals surface area contributed by atoms with E-state index in [4.69, 9.17) is 0 Å². The highest BCUT2D eigenvalue weighted by atomic mass is 15.0. The van der Waals surface area contributed by atoms with Crippen LogP contribution in [0.25, 0.3) is 0 Å². The van der Waals surface area contributed by atoms with Gasteiger partial charge in [0, 0.05) is 31.9 Å². The molecule has 0 aliphatic heterocycles. The summed E-state index contributed by atoms with van der Waals surface area (Å²) in [6, 6.07) is 0.856. The van der Waals surface area contributed by atoms with Crippen molar-refractivity contribution in [2.24, 2.45) is 18.9 Å². The fourth-order valence-corrected chi connectivity index (χ4v) is 2.61. The van der Waals surface area contributed by atoms with Crippen LogP contribution in [-0.2, 0) is 13.5 Å². The molecule has 0 aromatic carbocycles. The molecule has 2 saturated carbocycles. The van der Waals surface area contributed by atoms with Crippen molar-refractivity contribution in [2.75, 3.05) is 6.54 Å². The van der Waals surface area contributed by atoms with E-state index in [1.54, 1.807) is 0 Å². The normalized spacial score (nSPS) is 29.1. The molecule has 1 aromatic heterocycles. The molecule has 0 bridgehead atoms. The molecule has 2 aliphatic carbocycles. The molecule has 2 aliphatic rings. The molecule has 1 N–H and O–H groups in total. The summed E-state index contributed by atoms with van der Waals surface area (Å²) in [5.74, 6) is 3.02. The Morgan fingerprint density at radius 1 is 1.31 bits per heavy atom. The van der Waals surface area contributed by atoms with Gasteiger partial charge in [0.1, 0.15) is 5.82 Å². The van der Waals surface area contributed by atoms with Gasteiger partial charge >= 0.3 is 0 Å². The van der Waals surface area contributed by atoms with Gasteiger partial charge in [-0.25, -0.2) is 4.98 Å². The third kappa shape index (κ3) is 2.14. The van der Waals surface area contributed by atoms with Gasteiger partial charge in [0.2, 0.25) is 0 Å². The van der Waals surface area contributed by atoms with Gasteiger partial charge in [-0.15, -0.1) is 0 Å². The van der Waals surface area contributed by atoms with Gasteiger partial charge in [0.25, 0.3) is 0 Å². The number of hydrogen-bond donors (Lipinski definition) is 1. The van der Waals surface area contributed by atoms with E-state index >= 15 is 0 Å². The first-order valence-electron chi connectivity index (χ1n) is 6.52. The molecule has 0 spiro atoms. The summed E-state index contributed by atoms with van der Waals surface area (Å²) < 4.78 is 2.16. The third-order valence-electron chi connectivity index (χ3n) is 4.19. The Kier molecular flexibility index (Phi) is 2.72. The number of rotatable bonds is 5. The molecule has 16 heavy (non-hydrogen) atoms. The minimum Gasteiger partial charge on any atom is -0.338 e. The van der Waals surface area contributed by atoms with Gasteiger partial charge < -0.3 is 9.88 Å². The van der Waals surface area contributed by atoms with Crippen LogP contribution in [0.5, 0.6) is 0 Å². The van der Waals surface area contributed by atoms with E-state index in [1.165, 1.54) is 44.5 Å². The van der Waals surface area contributed by atoms with Crippen LogP contribution >= 0.6 is 0 Å². The van der Waals surface area contributed by atoms with E-state index in [2.05, 4.69) is 21.9 Å². The molecule has 1 heterocycles. The second-order valence-corrected chi connectivity index (χ2v) is 5.44. The van der Waals surface area contributed by atoms with Crippen LogP contribution in [0.2, 0.25) is 0 Å². The van der Waals surface area contributed by atoms with E-state index < -0.39 is 0 Å². The van der Waals surface area contributed by atoms with Crippen molar-refractivity contribution < 1.29 is 0 Å². The fraction of sp³-hybridized carbons (Fsp3) is 0.769. The molecule has 2 atom stereocenters. The Labute approximate surface area is 97.3 Å². The predicted molar refractivity (Wildman–Crippen MR) is 64.2 cm³/mol. The van der Waals surface area contributed by atoms with Crippen LogP contribution in [0.1, 0.15) is 31.5 Å². The highest BCUT2D eigenvalue weighted by molar-refractivity contribution is 4.97. The van der Waals surface area contributed by atoms with E-state index in [-0.39, 0.29) is 0 Å². The lowest BCUT2D eigenvalue weighted by Crippen LogP contribution is -2.37. The first-order valence-corrected chi connectivity index (χ1v) is 6.52. The smallest absolute Gasteiger partial charge is 0.108 e. The highest BCUT2D eigenvalue weighted by Crippen LogP contribution is 2.36. The minimum absolute atomic E-state index is 0.856. The maximum absolute atomic E-state index is 4.42. The van der Waals surface area contributed by atoms with Crippen LogP contribution in [-0.4, -0.2) is 22.1 Å². The van der Waals surface area contributed by atoms with E-state index in [1.807, 2.05) is 12.4 Å². The number of nitrogens with one attached hydrogen (secondary N) is 1. The van der Waals surface area contributed by atoms with Crippen molar-refractivity contribution in [3.05, 3.63) is 18.2 Å². The van der Waals surface area contributed by atoms with Gasteiger partial charge in [-0.05, 0) is 44.1 Å². The average molecular weight is 219 g/mol. The Bertz CT molecular complexity index is 354. The summed E-state index contributed by atoms with van der Waals surface area (Å²) in [6.45, 7) is 1.24. The Balaban J connectivity index is 1.49. The number of aryl methyl sites for hydroxylation is 1. The van der Waals surface area contributed by atoms with Crippen LogP contribution in [0.4, 0.5) is 0 Å². The van der Waals surface area contributed by atoms with Crippen LogP contribution in [0.15, 0.2) is 12.4 Å². The summed E-state index contributed by atoms with van der Waals surface area (Å²) in [5.41, 5.74) is 0. The minimum atomic E-state index is 0.856. The molecule has 2 unspecified atom stereocenters. The lowest BCUT2D eigenvalue weighted by molar-refractivity contribution is 0.167. The van der Waals surface area contributed by atoms with E-state index in [0.717, 1.165) is 17.9 Å². The average Bonchev–Trinajstić information content (AvgIpc) is 2.97. The summed E-state index contributed by atoms with van der Waals surface area (Å²) in [4.78, 5) is 4.42. The Hall–Kier alpha value is -0.830. The molecule has 0 radical (unpaired) electrons. The zero-order valence-electron chi connectivity index (χ0n) is 10.0. The molecular weight excluding hydrogens is 198 g/mol. The molecule has 0 saturated heterocycles. The zero-order chi connectivity index (χ0) is 11.0. The van der Waals surface area contributed by atoms with Crippen LogP contribution in [0.3, 0.4) is 0 Å². The summed E-state index contributed by atoms with van der Waals surface area (Å²) in [5, 5.41) is 3.66. The molecule has 1 aromatic rings. The quantitative estimate of drug-likeness (QED) is 0.817. The summed E-state index contributed by atoms with van der Waals surface area (Å²) >= 11 is 0. The van der Waals surface area contributed by atoms with Gasteiger partial charge in [-0.2, -0.15) is 0 Å². The summed E-state index contributed by atoms with van der Waals surface area (Å²) in [6.07, 6.45) is 10.7. The van der Waals surface area contributed by atoms with Crippen molar-refractivity contribution in [3.63, 3.8) is 0 Å². The lowest BCUT2D eigenvalue weighted by Gasteiger charge is -2.36. The van der Waals surface area contributed by atoms with E-state index in [0.29, 0.717) is 0 Å². The van der Waals surface area contributed by atoms with Crippen molar-refractivity contribution >= 4 is 0 Å². The summed E-state index contributed by atoms with van der Waals surface area (Å²) in [7, 11) is 2.10.